The SMILES string of the molecule is O=C1C2C3CCCN3C3(C(=O)Nc4ccc(F)cc43)C2C(=O)N1c1ccc(Cl)c(Cl)c1. The quantitative estimate of drug-likeness (QED) is 0.661. The van der Waals surface area contributed by atoms with E-state index in [2.05, 4.69) is 5.32 Å². The van der Waals surface area contributed by atoms with Gasteiger partial charge in [-0.3, -0.25) is 19.3 Å². The lowest BCUT2D eigenvalue weighted by Crippen LogP contribution is -2.54. The van der Waals surface area contributed by atoms with Crippen LogP contribution in [0.15, 0.2) is 36.4 Å². The van der Waals surface area contributed by atoms with E-state index < -0.39 is 29.1 Å². The maximum absolute atomic E-state index is 14.3. The van der Waals surface area contributed by atoms with Crippen LogP contribution in [0.4, 0.5) is 15.8 Å². The zero-order valence-electron chi connectivity index (χ0n) is 16.1. The number of carbonyl (C=O) groups is 3. The molecule has 4 aliphatic rings. The van der Waals surface area contributed by atoms with Gasteiger partial charge in [-0.2, -0.15) is 0 Å². The summed E-state index contributed by atoms with van der Waals surface area (Å²) in [5, 5.41) is 3.35. The fourth-order valence-corrected chi connectivity index (χ4v) is 6.35. The summed E-state index contributed by atoms with van der Waals surface area (Å²) in [6, 6.07) is 8.38. The highest BCUT2D eigenvalue weighted by Crippen LogP contribution is 2.60. The summed E-state index contributed by atoms with van der Waals surface area (Å²) in [6.45, 7) is 0.564. The molecule has 3 fully saturated rings. The Morgan fingerprint density at radius 3 is 2.61 bits per heavy atom. The van der Waals surface area contributed by atoms with Crippen LogP contribution < -0.4 is 10.2 Å². The smallest absolute Gasteiger partial charge is 0.250 e. The van der Waals surface area contributed by atoms with E-state index in [4.69, 9.17) is 23.2 Å². The van der Waals surface area contributed by atoms with Crippen LogP contribution >= 0.6 is 23.2 Å². The van der Waals surface area contributed by atoms with Gasteiger partial charge in [-0.05, 0) is 55.8 Å². The van der Waals surface area contributed by atoms with Crippen molar-refractivity contribution in [1.82, 2.24) is 4.90 Å². The molecule has 9 heteroatoms. The van der Waals surface area contributed by atoms with E-state index >= 15 is 0 Å². The number of amides is 3. The number of benzene rings is 2. The monoisotopic (exact) mass is 459 g/mol. The van der Waals surface area contributed by atoms with Gasteiger partial charge in [0.15, 0.2) is 0 Å². The third kappa shape index (κ3) is 2.24. The van der Waals surface area contributed by atoms with Gasteiger partial charge in [0.05, 0.1) is 27.6 Å². The molecule has 0 saturated carbocycles. The predicted octanol–water partition coefficient (Wildman–Crippen LogP) is 3.56. The van der Waals surface area contributed by atoms with Gasteiger partial charge in [0.2, 0.25) is 17.7 Å². The molecule has 2 aromatic rings. The maximum atomic E-state index is 14.3. The molecule has 0 radical (unpaired) electrons. The molecule has 4 atom stereocenters. The largest absolute Gasteiger partial charge is 0.324 e. The molecule has 1 spiro atoms. The number of halogens is 3. The lowest BCUT2D eigenvalue weighted by atomic mass is 9.75. The number of hydrogen-bond donors (Lipinski definition) is 1. The third-order valence-electron chi connectivity index (χ3n) is 7.12. The van der Waals surface area contributed by atoms with Crippen LogP contribution in [0.1, 0.15) is 18.4 Å². The van der Waals surface area contributed by atoms with Crippen molar-refractivity contribution in [3.8, 4) is 0 Å². The van der Waals surface area contributed by atoms with Gasteiger partial charge in [-0.1, -0.05) is 23.2 Å². The molecule has 0 aliphatic carbocycles. The molecule has 3 saturated heterocycles. The molecule has 1 N–H and O–H groups in total. The van der Waals surface area contributed by atoms with E-state index in [-0.39, 0.29) is 22.9 Å². The Balaban J connectivity index is 1.56. The average Bonchev–Trinajstić information content (AvgIpc) is 3.43. The number of fused-ring (bicyclic) bond motifs is 7. The van der Waals surface area contributed by atoms with Crippen molar-refractivity contribution in [3.05, 3.63) is 57.8 Å². The molecule has 6 rings (SSSR count). The highest BCUT2D eigenvalue weighted by molar-refractivity contribution is 6.42. The lowest BCUT2D eigenvalue weighted by Gasteiger charge is -2.36. The van der Waals surface area contributed by atoms with Crippen molar-refractivity contribution >= 4 is 52.3 Å². The molecule has 4 unspecified atom stereocenters. The average molecular weight is 460 g/mol. The molecule has 6 nitrogen and oxygen atoms in total. The van der Waals surface area contributed by atoms with Crippen LogP contribution in [0.5, 0.6) is 0 Å². The van der Waals surface area contributed by atoms with Gasteiger partial charge < -0.3 is 5.32 Å². The van der Waals surface area contributed by atoms with Crippen LogP contribution in [0, 0.1) is 17.7 Å². The Morgan fingerprint density at radius 2 is 1.84 bits per heavy atom. The van der Waals surface area contributed by atoms with Crippen molar-refractivity contribution in [3.63, 3.8) is 0 Å². The topological polar surface area (TPSA) is 69.7 Å². The fraction of sp³-hybridized carbons (Fsp3) is 0.318. The summed E-state index contributed by atoms with van der Waals surface area (Å²) < 4.78 is 14.3. The van der Waals surface area contributed by atoms with Crippen molar-refractivity contribution in [2.24, 2.45) is 11.8 Å². The van der Waals surface area contributed by atoms with E-state index in [0.717, 1.165) is 11.3 Å². The van der Waals surface area contributed by atoms with Crippen LogP contribution in [-0.4, -0.2) is 35.2 Å². The summed E-state index contributed by atoms with van der Waals surface area (Å²) in [6.07, 6.45) is 1.48. The zero-order chi connectivity index (χ0) is 21.7. The zero-order valence-corrected chi connectivity index (χ0v) is 17.6. The Hall–Kier alpha value is -2.48. The second-order valence-electron chi connectivity index (χ2n) is 8.43. The summed E-state index contributed by atoms with van der Waals surface area (Å²) >= 11 is 12.1. The highest BCUT2D eigenvalue weighted by atomic mass is 35.5. The van der Waals surface area contributed by atoms with Crippen LogP contribution in [-0.2, 0) is 19.9 Å². The van der Waals surface area contributed by atoms with E-state index in [9.17, 15) is 18.8 Å². The second-order valence-corrected chi connectivity index (χ2v) is 9.24. The maximum Gasteiger partial charge on any atom is 0.250 e. The first-order chi connectivity index (χ1) is 14.9. The molecule has 2 aromatic carbocycles. The number of nitrogens with one attached hydrogen (secondary N) is 1. The predicted molar refractivity (Wildman–Crippen MR) is 112 cm³/mol. The second kappa shape index (κ2) is 6.28. The first-order valence-electron chi connectivity index (χ1n) is 10.1. The van der Waals surface area contributed by atoms with Crippen LogP contribution in [0.3, 0.4) is 0 Å². The first-order valence-corrected chi connectivity index (χ1v) is 10.8. The first kappa shape index (κ1) is 19.2. The van der Waals surface area contributed by atoms with Gasteiger partial charge in [-0.25, -0.2) is 9.29 Å². The molecule has 31 heavy (non-hydrogen) atoms. The number of imide groups is 1. The minimum Gasteiger partial charge on any atom is -0.324 e. The number of carbonyl (C=O) groups excluding carboxylic acids is 3. The fourth-order valence-electron chi connectivity index (χ4n) is 6.05. The highest BCUT2D eigenvalue weighted by Gasteiger charge is 2.74. The Bertz CT molecular complexity index is 1200. The van der Waals surface area contributed by atoms with Crippen molar-refractivity contribution in [2.45, 2.75) is 24.4 Å². The van der Waals surface area contributed by atoms with Gasteiger partial charge >= 0.3 is 0 Å². The van der Waals surface area contributed by atoms with Gasteiger partial charge in [0, 0.05) is 17.3 Å². The van der Waals surface area contributed by atoms with Crippen molar-refractivity contribution in [1.29, 1.82) is 0 Å². The number of rotatable bonds is 1. The summed E-state index contributed by atoms with van der Waals surface area (Å²) in [7, 11) is 0. The van der Waals surface area contributed by atoms with Crippen molar-refractivity contribution in [2.75, 3.05) is 16.8 Å². The van der Waals surface area contributed by atoms with E-state index in [1.807, 2.05) is 4.90 Å². The van der Waals surface area contributed by atoms with E-state index in [1.54, 1.807) is 6.07 Å². The normalized spacial score (nSPS) is 31.4. The number of anilines is 2. The molecule has 4 heterocycles. The summed E-state index contributed by atoms with van der Waals surface area (Å²) in [5.41, 5.74) is -0.183. The van der Waals surface area contributed by atoms with E-state index in [0.29, 0.717) is 34.9 Å². The molecular formula is C22H16Cl2FN3O3. The standard InChI is InChI=1S/C22H16Cl2FN3O3/c23-13-5-4-11(9-14(13)24)28-19(29)17-16-2-1-7-27(16)22(18(17)20(28)30)12-8-10(25)3-6-15(12)26-21(22)31/h3-6,8-9,16-18H,1-2,7H2,(H,26,31). The Kier molecular flexibility index (Phi) is 3.89. The molecule has 4 aliphatic heterocycles. The molecular weight excluding hydrogens is 444 g/mol. The van der Waals surface area contributed by atoms with Gasteiger partial charge in [0.1, 0.15) is 11.4 Å². The van der Waals surface area contributed by atoms with Crippen LogP contribution in [0.25, 0.3) is 0 Å². The van der Waals surface area contributed by atoms with Gasteiger partial charge in [0.25, 0.3) is 0 Å². The van der Waals surface area contributed by atoms with Crippen LogP contribution in [0.2, 0.25) is 10.0 Å². The number of hydrogen-bond acceptors (Lipinski definition) is 4. The summed E-state index contributed by atoms with van der Waals surface area (Å²) in [4.78, 5) is 43.8. The summed E-state index contributed by atoms with van der Waals surface area (Å²) in [5.74, 6) is -3.35. The Labute approximate surface area is 186 Å². The van der Waals surface area contributed by atoms with Gasteiger partial charge in [-0.15, -0.1) is 0 Å². The molecule has 0 bridgehead atoms. The molecule has 0 aromatic heterocycles. The minimum atomic E-state index is -1.40. The Morgan fingerprint density at radius 1 is 1.03 bits per heavy atom. The molecule has 158 valence electrons. The molecule has 3 amide bonds. The third-order valence-corrected chi connectivity index (χ3v) is 7.86. The number of nitrogens with zero attached hydrogens (tertiary/aromatic N) is 2. The minimum absolute atomic E-state index is 0.222. The van der Waals surface area contributed by atoms with E-state index in [1.165, 1.54) is 30.3 Å². The van der Waals surface area contributed by atoms with Crippen molar-refractivity contribution < 1.29 is 18.8 Å². The lowest BCUT2D eigenvalue weighted by molar-refractivity contribution is -0.135.